The summed E-state index contributed by atoms with van der Waals surface area (Å²) in [5, 5.41) is 0.542. The topological polar surface area (TPSA) is 34.1 Å². The van der Waals surface area contributed by atoms with Crippen LogP contribution in [-0.4, -0.2) is 16.8 Å². The summed E-state index contributed by atoms with van der Waals surface area (Å²) in [6, 6.07) is 7.95. The first-order valence-electron chi connectivity index (χ1n) is 6.34. The van der Waals surface area contributed by atoms with Crippen LogP contribution in [0.2, 0.25) is 0 Å². The summed E-state index contributed by atoms with van der Waals surface area (Å²) in [4.78, 5) is 24.3. The fourth-order valence-electron chi connectivity index (χ4n) is 1.58. The van der Waals surface area contributed by atoms with Gasteiger partial charge in [-0.3, -0.25) is 9.59 Å². The second kappa shape index (κ2) is 7.29. The summed E-state index contributed by atoms with van der Waals surface area (Å²) in [6.07, 6.45) is 0.267. The van der Waals surface area contributed by atoms with Gasteiger partial charge >= 0.3 is 0 Å². The van der Waals surface area contributed by atoms with Gasteiger partial charge in [-0.1, -0.05) is 32.6 Å². The number of Topliss-reactive ketones (excluding diaryl/α,β-unsaturated/α-hetero) is 2. The van der Waals surface area contributed by atoms with Gasteiger partial charge in [0.2, 0.25) is 0 Å². The number of thioether (sulfide) groups is 1. The lowest BCUT2D eigenvalue weighted by Crippen LogP contribution is -2.10. The van der Waals surface area contributed by atoms with Crippen LogP contribution in [0.15, 0.2) is 41.3 Å². The lowest BCUT2D eigenvalue weighted by molar-refractivity contribution is -0.124. The van der Waals surface area contributed by atoms with Crippen LogP contribution in [0.1, 0.15) is 32.8 Å². The molecule has 2 nitrogen and oxygen atoms in total. The van der Waals surface area contributed by atoms with Crippen LogP contribution in [0.4, 0.5) is 0 Å². The zero-order chi connectivity index (χ0) is 14.4. The third kappa shape index (κ3) is 5.88. The quantitative estimate of drug-likeness (QED) is 0.431. The molecule has 1 rings (SSSR count). The molecule has 0 unspecified atom stereocenters. The normalized spacial score (nSPS) is 10.5. The van der Waals surface area contributed by atoms with Gasteiger partial charge in [0.1, 0.15) is 5.78 Å². The lowest BCUT2D eigenvalue weighted by atomic mass is 10.0. The molecule has 1 aromatic rings. The fourth-order valence-corrected chi connectivity index (χ4v) is 2.42. The lowest BCUT2D eigenvalue weighted by Gasteiger charge is -2.06. The number of carbonyl (C=O) groups is 2. The van der Waals surface area contributed by atoms with E-state index in [1.807, 2.05) is 24.3 Å². The van der Waals surface area contributed by atoms with E-state index < -0.39 is 0 Å². The number of allylic oxidation sites excluding steroid dienone is 1. The summed E-state index contributed by atoms with van der Waals surface area (Å²) in [5.41, 5.74) is 1.39. The van der Waals surface area contributed by atoms with E-state index in [1.54, 1.807) is 18.7 Å². The molecule has 0 aromatic heterocycles. The SMILES string of the molecule is C=C(C)C(=O)CC(=O)Cc1ccc(SC(C)C)cc1. The fraction of sp³-hybridized carbons (Fsp3) is 0.375. The number of hydrogen-bond donors (Lipinski definition) is 0. The van der Waals surface area contributed by atoms with Gasteiger partial charge < -0.3 is 0 Å². The predicted octanol–water partition coefficient (Wildman–Crippen LogP) is 3.83. The van der Waals surface area contributed by atoms with Gasteiger partial charge in [0.15, 0.2) is 5.78 Å². The molecule has 0 heterocycles. The summed E-state index contributed by atoms with van der Waals surface area (Å²) < 4.78 is 0. The smallest absolute Gasteiger partial charge is 0.165 e. The molecule has 0 aliphatic rings. The van der Waals surface area contributed by atoms with Gasteiger partial charge in [0, 0.05) is 16.6 Å². The zero-order valence-corrected chi connectivity index (χ0v) is 12.5. The number of rotatable bonds is 7. The number of ketones is 2. The number of carbonyl (C=O) groups excluding carboxylic acids is 2. The second-order valence-corrected chi connectivity index (χ2v) is 6.56. The molecule has 19 heavy (non-hydrogen) atoms. The van der Waals surface area contributed by atoms with E-state index in [1.165, 1.54) is 4.90 Å². The molecular formula is C16H20O2S. The van der Waals surface area contributed by atoms with Gasteiger partial charge in [-0.05, 0) is 30.2 Å². The van der Waals surface area contributed by atoms with Crippen molar-refractivity contribution in [1.29, 1.82) is 0 Å². The third-order valence-corrected chi connectivity index (χ3v) is 3.55. The van der Waals surface area contributed by atoms with E-state index in [0.29, 0.717) is 17.2 Å². The highest BCUT2D eigenvalue weighted by atomic mass is 32.2. The van der Waals surface area contributed by atoms with Crippen molar-refractivity contribution in [3.05, 3.63) is 42.0 Å². The molecule has 0 aliphatic heterocycles. The molecule has 0 aliphatic carbocycles. The largest absolute Gasteiger partial charge is 0.299 e. The van der Waals surface area contributed by atoms with Crippen molar-refractivity contribution in [1.82, 2.24) is 0 Å². The maximum Gasteiger partial charge on any atom is 0.165 e. The average Bonchev–Trinajstić information content (AvgIpc) is 2.30. The van der Waals surface area contributed by atoms with E-state index in [2.05, 4.69) is 20.4 Å². The van der Waals surface area contributed by atoms with Gasteiger partial charge in [-0.2, -0.15) is 0 Å². The Balaban J connectivity index is 2.55. The monoisotopic (exact) mass is 276 g/mol. The molecule has 3 heteroatoms. The maximum atomic E-state index is 11.7. The highest BCUT2D eigenvalue weighted by Gasteiger charge is 2.10. The van der Waals surface area contributed by atoms with Crippen LogP contribution in [0.5, 0.6) is 0 Å². The van der Waals surface area contributed by atoms with Crippen molar-refractivity contribution in [2.45, 2.75) is 43.8 Å². The average molecular weight is 276 g/mol. The van der Waals surface area contributed by atoms with E-state index in [-0.39, 0.29) is 18.0 Å². The van der Waals surface area contributed by atoms with Gasteiger partial charge in [-0.15, -0.1) is 11.8 Å². The standard InChI is InChI=1S/C16H20O2S/c1-11(2)16(18)10-14(17)9-13-5-7-15(8-6-13)19-12(3)4/h5-8,12H,1,9-10H2,2-4H3. The third-order valence-electron chi connectivity index (χ3n) is 2.53. The minimum Gasteiger partial charge on any atom is -0.299 e. The highest BCUT2D eigenvalue weighted by molar-refractivity contribution is 7.99. The number of hydrogen-bond acceptors (Lipinski definition) is 3. The minimum absolute atomic E-state index is 0.0438. The molecule has 0 amide bonds. The van der Waals surface area contributed by atoms with Crippen molar-refractivity contribution < 1.29 is 9.59 Å². The van der Waals surface area contributed by atoms with Crippen LogP contribution < -0.4 is 0 Å². The first kappa shape index (κ1) is 15.7. The van der Waals surface area contributed by atoms with E-state index in [9.17, 15) is 9.59 Å². The first-order chi connectivity index (χ1) is 8.88. The molecule has 0 N–H and O–H groups in total. The second-order valence-electron chi connectivity index (χ2n) is 4.91. The maximum absolute atomic E-state index is 11.7. The Morgan fingerprint density at radius 3 is 2.26 bits per heavy atom. The molecule has 0 bridgehead atoms. The zero-order valence-electron chi connectivity index (χ0n) is 11.7. The van der Waals surface area contributed by atoms with E-state index in [0.717, 1.165) is 5.56 Å². The minimum atomic E-state index is -0.169. The molecule has 0 fully saturated rings. The van der Waals surface area contributed by atoms with Crippen molar-refractivity contribution in [2.75, 3.05) is 0 Å². The first-order valence-corrected chi connectivity index (χ1v) is 7.22. The number of benzene rings is 1. The van der Waals surface area contributed by atoms with Crippen molar-refractivity contribution in [2.24, 2.45) is 0 Å². The Hall–Kier alpha value is -1.35. The van der Waals surface area contributed by atoms with Gasteiger partial charge in [0.25, 0.3) is 0 Å². The van der Waals surface area contributed by atoms with E-state index in [4.69, 9.17) is 0 Å². The summed E-state index contributed by atoms with van der Waals surface area (Å²) in [7, 11) is 0. The van der Waals surface area contributed by atoms with Crippen LogP contribution >= 0.6 is 11.8 Å². The van der Waals surface area contributed by atoms with Crippen molar-refractivity contribution in [3.63, 3.8) is 0 Å². The van der Waals surface area contributed by atoms with Crippen LogP contribution in [0.25, 0.3) is 0 Å². The van der Waals surface area contributed by atoms with Crippen LogP contribution in [-0.2, 0) is 16.0 Å². The Bertz CT molecular complexity index is 472. The summed E-state index contributed by atoms with van der Waals surface area (Å²) in [6.45, 7) is 9.47. The molecule has 0 radical (unpaired) electrons. The summed E-state index contributed by atoms with van der Waals surface area (Å²) >= 11 is 1.79. The molecule has 1 aromatic carbocycles. The van der Waals surface area contributed by atoms with Gasteiger partial charge in [0.05, 0.1) is 6.42 Å². The molecular weight excluding hydrogens is 256 g/mol. The Morgan fingerprint density at radius 2 is 1.79 bits per heavy atom. The van der Waals surface area contributed by atoms with Crippen LogP contribution in [0, 0.1) is 0 Å². The predicted molar refractivity (Wildman–Crippen MR) is 80.6 cm³/mol. The van der Waals surface area contributed by atoms with Crippen molar-refractivity contribution in [3.8, 4) is 0 Å². The van der Waals surface area contributed by atoms with Crippen molar-refractivity contribution >= 4 is 23.3 Å². The highest BCUT2D eigenvalue weighted by Crippen LogP contribution is 2.23. The molecule has 0 atom stereocenters. The Morgan fingerprint density at radius 1 is 1.21 bits per heavy atom. The summed E-state index contributed by atoms with van der Waals surface area (Å²) in [5.74, 6) is -0.228. The Kier molecular flexibility index (Phi) is 6.03. The molecule has 0 saturated heterocycles. The molecule has 0 saturated carbocycles. The van der Waals surface area contributed by atoms with Gasteiger partial charge in [-0.25, -0.2) is 0 Å². The molecule has 102 valence electrons. The Labute approximate surface area is 119 Å². The van der Waals surface area contributed by atoms with E-state index >= 15 is 0 Å². The molecule has 0 spiro atoms. The van der Waals surface area contributed by atoms with Crippen LogP contribution in [0.3, 0.4) is 0 Å².